The van der Waals surface area contributed by atoms with Gasteiger partial charge in [0.2, 0.25) is 15.9 Å². The fraction of sp³-hybridized carbons (Fsp3) is 0.500. The summed E-state index contributed by atoms with van der Waals surface area (Å²) >= 11 is 0. The molecule has 1 aromatic rings. The fourth-order valence-electron chi connectivity index (χ4n) is 2.87. The van der Waals surface area contributed by atoms with E-state index >= 15 is 0 Å². The van der Waals surface area contributed by atoms with Crippen molar-refractivity contribution in [3.63, 3.8) is 0 Å². The highest BCUT2D eigenvalue weighted by Crippen LogP contribution is 2.22. The molecule has 1 unspecified atom stereocenters. The molecule has 130 valence electrons. The Bertz CT molecular complexity index is 758. The van der Waals surface area contributed by atoms with Crippen molar-refractivity contribution in [2.45, 2.75) is 30.7 Å². The minimum Gasteiger partial charge on any atom is -0.354 e. The van der Waals surface area contributed by atoms with Crippen LogP contribution >= 0.6 is 0 Å². The average molecular weight is 351 g/mol. The standard InChI is InChI=1S/C16H21N3O4S/c1-12-11-17-15(20)6-9-19(12)24(22,23)14-5-2-4-13(10-14)16(21)18-7-3-8-18/h2,4-5,10,12H,3,6-9,11H2,1H3,(H,17,20). The van der Waals surface area contributed by atoms with Crippen LogP contribution < -0.4 is 5.32 Å². The summed E-state index contributed by atoms with van der Waals surface area (Å²) in [5.74, 6) is -0.291. The predicted molar refractivity (Wildman–Crippen MR) is 87.9 cm³/mol. The quantitative estimate of drug-likeness (QED) is 0.856. The number of hydrogen-bond acceptors (Lipinski definition) is 4. The Balaban J connectivity index is 1.88. The zero-order valence-corrected chi connectivity index (χ0v) is 14.4. The van der Waals surface area contributed by atoms with E-state index in [0.29, 0.717) is 18.7 Å². The summed E-state index contributed by atoms with van der Waals surface area (Å²) < 4.78 is 27.2. The second-order valence-electron chi connectivity index (χ2n) is 6.19. The molecule has 0 bridgehead atoms. The number of sulfonamides is 1. The van der Waals surface area contributed by atoms with E-state index in [-0.39, 0.29) is 42.3 Å². The molecule has 2 aliphatic heterocycles. The summed E-state index contributed by atoms with van der Waals surface area (Å²) in [6.45, 7) is 3.61. The molecule has 2 heterocycles. The van der Waals surface area contributed by atoms with Crippen molar-refractivity contribution >= 4 is 21.8 Å². The Morgan fingerprint density at radius 3 is 2.67 bits per heavy atom. The van der Waals surface area contributed by atoms with Crippen LogP contribution in [0.1, 0.15) is 30.1 Å². The molecule has 2 aliphatic rings. The molecule has 0 radical (unpaired) electrons. The van der Waals surface area contributed by atoms with Gasteiger partial charge in [-0.05, 0) is 31.5 Å². The van der Waals surface area contributed by atoms with Gasteiger partial charge in [0.1, 0.15) is 0 Å². The Labute approximate surface area is 141 Å². The number of rotatable bonds is 3. The van der Waals surface area contributed by atoms with Gasteiger partial charge in [-0.1, -0.05) is 6.07 Å². The molecule has 0 aromatic heterocycles. The van der Waals surface area contributed by atoms with E-state index in [1.807, 2.05) is 0 Å². The molecule has 2 saturated heterocycles. The number of hydrogen-bond donors (Lipinski definition) is 1. The Morgan fingerprint density at radius 2 is 2.00 bits per heavy atom. The molecule has 2 amide bonds. The molecule has 3 rings (SSSR count). The number of likely N-dealkylation sites (tertiary alicyclic amines) is 1. The molecule has 24 heavy (non-hydrogen) atoms. The van der Waals surface area contributed by atoms with Crippen LogP contribution in [0.2, 0.25) is 0 Å². The van der Waals surface area contributed by atoms with Crippen molar-refractivity contribution in [1.82, 2.24) is 14.5 Å². The lowest BCUT2D eigenvalue weighted by molar-refractivity contribution is -0.120. The van der Waals surface area contributed by atoms with Gasteiger partial charge in [0.25, 0.3) is 5.91 Å². The van der Waals surface area contributed by atoms with E-state index in [0.717, 1.165) is 6.42 Å². The third-order valence-corrected chi connectivity index (χ3v) is 6.49. The maximum absolute atomic E-state index is 12.9. The molecule has 0 spiro atoms. The second-order valence-corrected chi connectivity index (χ2v) is 8.08. The van der Waals surface area contributed by atoms with E-state index in [1.54, 1.807) is 24.0 Å². The van der Waals surface area contributed by atoms with Crippen LogP contribution in [0.4, 0.5) is 0 Å². The van der Waals surface area contributed by atoms with Crippen LogP contribution in [-0.2, 0) is 14.8 Å². The van der Waals surface area contributed by atoms with Crippen LogP contribution in [0.25, 0.3) is 0 Å². The van der Waals surface area contributed by atoms with Gasteiger partial charge in [0.15, 0.2) is 0 Å². The topological polar surface area (TPSA) is 86.8 Å². The summed E-state index contributed by atoms with van der Waals surface area (Å²) in [5.41, 5.74) is 0.382. The van der Waals surface area contributed by atoms with Crippen molar-refractivity contribution in [2.75, 3.05) is 26.2 Å². The minimum absolute atomic E-state index is 0.0927. The first-order valence-corrected chi connectivity index (χ1v) is 9.51. The summed E-state index contributed by atoms with van der Waals surface area (Å²) in [4.78, 5) is 25.6. The highest BCUT2D eigenvalue weighted by atomic mass is 32.2. The highest BCUT2D eigenvalue weighted by molar-refractivity contribution is 7.89. The predicted octanol–water partition coefficient (Wildman–Crippen LogP) is 0.432. The van der Waals surface area contributed by atoms with Gasteiger partial charge in [-0.2, -0.15) is 4.31 Å². The summed E-state index contributed by atoms with van der Waals surface area (Å²) in [6, 6.07) is 5.82. The van der Waals surface area contributed by atoms with E-state index in [4.69, 9.17) is 0 Å². The summed E-state index contributed by atoms with van der Waals surface area (Å²) in [7, 11) is -3.76. The van der Waals surface area contributed by atoms with E-state index in [1.165, 1.54) is 16.4 Å². The molecule has 7 nitrogen and oxygen atoms in total. The number of carbonyl (C=O) groups excluding carboxylic acids is 2. The lowest BCUT2D eigenvalue weighted by atomic mass is 10.1. The SMILES string of the molecule is CC1CNC(=O)CCN1S(=O)(=O)c1cccc(C(=O)N2CCC2)c1. The van der Waals surface area contributed by atoms with Crippen molar-refractivity contribution < 1.29 is 18.0 Å². The van der Waals surface area contributed by atoms with Gasteiger partial charge in [-0.15, -0.1) is 0 Å². The van der Waals surface area contributed by atoms with Crippen molar-refractivity contribution in [3.05, 3.63) is 29.8 Å². The van der Waals surface area contributed by atoms with Gasteiger partial charge >= 0.3 is 0 Å². The van der Waals surface area contributed by atoms with E-state index < -0.39 is 10.0 Å². The molecule has 8 heteroatoms. The van der Waals surface area contributed by atoms with Gasteiger partial charge in [-0.25, -0.2) is 8.42 Å². The van der Waals surface area contributed by atoms with Gasteiger partial charge in [0, 0.05) is 44.2 Å². The Hall–Kier alpha value is -1.93. The molecule has 0 aliphatic carbocycles. The number of nitrogens with zero attached hydrogens (tertiary/aromatic N) is 2. The van der Waals surface area contributed by atoms with E-state index in [2.05, 4.69) is 5.32 Å². The lowest BCUT2D eigenvalue weighted by Crippen LogP contribution is -2.42. The zero-order valence-electron chi connectivity index (χ0n) is 13.6. The van der Waals surface area contributed by atoms with Crippen LogP contribution in [0, 0.1) is 0 Å². The van der Waals surface area contributed by atoms with Crippen LogP contribution in [0.3, 0.4) is 0 Å². The normalized spacial score (nSPS) is 22.5. The molecule has 2 fully saturated rings. The van der Waals surface area contributed by atoms with Gasteiger partial charge in [0.05, 0.1) is 4.90 Å². The monoisotopic (exact) mass is 351 g/mol. The van der Waals surface area contributed by atoms with Gasteiger partial charge < -0.3 is 10.2 Å². The van der Waals surface area contributed by atoms with Crippen molar-refractivity contribution in [2.24, 2.45) is 0 Å². The Kier molecular flexibility index (Phi) is 4.60. The summed E-state index contributed by atoms with van der Waals surface area (Å²) in [5, 5.41) is 2.70. The Morgan fingerprint density at radius 1 is 1.25 bits per heavy atom. The smallest absolute Gasteiger partial charge is 0.253 e. The van der Waals surface area contributed by atoms with Crippen LogP contribution in [-0.4, -0.2) is 61.7 Å². The van der Waals surface area contributed by atoms with Crippen LogP contribution in [0.5, 0.6) is 0 Å². The van der Waals surface area contributed by atoms with Gasteiger partial charge in [-0.3, -0.25) is 9.59 Å². The zero-order chi connectivity index (χ0) is 17.3. The van der Waals surface area contributed by atoms with Crippen molar-refractivity contribution in [3.8, 4) is 0 Å². The fourth-order valence-corrected chi connectivity index (χ4v) is 4.55. The first-order chi connectivity index (χ1) is 11.4. The molecule has 1 N–H and O–H groups in total. The molecule has 0 saturated carbocycles. The van der Waals surface area contributed by atoms with Crippen molar-refractivity contribution in [1.29, 1.82) is 0 Å². The molecule has 1 atom stereocenters. The van der Waals surface area contributed by atoms with E-state index in [9.17, 15) is 18.0 Å². The number of amides is 2. The second kappa shape index (κ2) is 6.52. The van der Waals surface area contributed by atoms with Crippen LogP contribution in [0.15, 0.2) is 29.2 Å². The summed E-state index contributed by atoms with van der Waals surface area (Å²) in [6.07, 6.45) is 1.12. The first-order valence-electron chi connectivity index (χ1n) is 8.07. The molecule has 1 aromatic carbocycles. The largest absolute Gasteiger partial charge is 0.354 e. The lowest BCUT2D eigenvalue weighted by Gasteiger charge is -2.31. The molecular formula is C16H21N3O4S. The first kappa shape index (κ1) is 16.9. The number of nitrogens with one attached hydrogen (secondary N) is 1. The third-order valence-electron chi connectivity index (χ3n) is 4.48. The molecular weight excluding hydrogens is 330 g/mol. The average Bonchev–Trinajstić information content (AvgIpc) is 2.67. The minimum atomic E-state index is -3.76. The third kappa shape index (κ3) is 3.16. The maximum Gasteiger partial charge on any atom is 0.253 e. The maximum atomic E-state index is 12.9. The number of benzene rings is 1. The highest BCUT2D eigenvalue weighted by Gasteiger charge is 2.32. The number of carbonyl (C=O) groups is 2.